The Bertz CT molecular complexity index is 382. The normalized spacial score (nSPS) is 10.5. The van der Waals surface area contributed by atoms with Crippen molar-refractivity contribution in [1.82, 2.24) is 0 Å². The molecule has 0 aromatic carbocycles. The van der Waals surface area contributed by atoms with Gasteiger partial charge in [0.2, 0.25) is 0 Å². The van der Waals surface area contributed by atoms with Crippen LogP contribution >= 0.6 is 0 Å². The van der Waals surface area contributed by atoms with Gasteiger partial charge in [0.25, 0.3) is 0 Å². The molecule has 0 atom stereocenters. The summed E-state index contributed by atoms with van der Waals surface area (Å²) in [5.74, 6) is -0.774. The van der Waals surface area contributed by atoms with E-state index in [1.807, 2.05) is 0 Å². The molecule has 0 spiro atoms. The Morgan fingerprint density at radius 2 is 1.21 bits per heavy atom. The molecule has 0 radical (unpaired) electrons. The highest BCUT2D eigenvalue weighted by Gasteiger charge is 2.15. The van der Waals surface area contributed by atoms with Gasteiger partial charge in [-0.2, -0.15) is 0 Å². The summed E-state index contributed by atoms with van der Waals surface area (Å²) in [6, 6.07) is 0. The van der Waals surface area contributed by atoms with E-state index in [2.05, 4.69) is 20.1 Å². The van der Waals surface area contributed by atoms with Crippen molar-refractivity contribution in [3.05, 3.63) is 24.3 Å². The van der Waals surface area contributed by atoms with E-state index in [1.54, 1.807) is 13.8 Å². The smallest absolute Gasteiger partial charge is 0.333 e. The van der Waals surface area contributed by atoms with Crippen LogP contribution in [0.1, 0.15) is 72.1 Å². The minimum atomic E-state index is -0.397. The second-order valence-corrected chi connectivity index (χ2v) is 6.53. The molecule has 0 aromatic rings. The van der Waals surface area contributed by atoms with Crippen LogP contribution in [0.4, 0.5) is 0 Å². The predicted octanol–water partition coefficient (Wildman–Crippen LogP) is 4.98. The summed E-state index contributed by atoms with van der Waals surface area (Å²) >= 11 is 0. The summed E-state index contributed by atoms with van der Waals surface area (Å²) in [7, 11) is 0. The van der Waals surface area contributed by atoms with Gasteiger partial charge in [0.1, 0.15) is 0 Å². The Morgan fingerprint density at radius 3 is 1.62 bits per heavy atom. The number of carbonyl (C=O) groups is 2. The van der Waals surface area contributed by atoms with E-state index in [-0.39, 0.29) is 19.1 Å². The van der Waals surface area contributed by atoms with Crippen LogP contribution < -0.4 is 0 Å². The van der Waals surface area contributed by atoms with Crippen LogP contribution in [0, 0.1) is 5.92 Å². The van der Waals surface area contributed by atoms with Gasteiger partial charge in [-0.05, 0) is 20.3 Å². The molecule has 0 saturated heterocycles. The highest BCUT2D eigenvalue weighted by atomic mass is 16.5. The molecule has 24 heavy (non-hydrogen) atoms. The van der Waals surface area contributed by atoms with E-state index < -0.39 is 11.9 Å². The summed E-state index contributed by atoms with van der Waals surface area (Å²) in [4.78, 5) is 23.1. The Kier molecular flexibility index (Phi) is 12.9. The number of rotatable bonds is 14. The van der Waals surface area contributed by atoms with Crippen LogP contribution in [0.25, 0.3) is 0 Å². The van der Waals surface area contributed by atoms with Gasteiger partial charge >= 0.3 is 11.9 Å². The van der Waals surface area contributed by atoms with Crippen molar-refractivity contribution in [2.24, 2.45) is 5.92 Å². The molecule has 0 amide bonds. The number of hydrogen-bond acceptors (Lipinski definition) is 4. The first-order valence-electron chi connectivity index (χ1n) is 9.03. The fourth-order valence-electron chi connectivity index (χ4n) is 2.24. The summed E-state index contributed by atoms with van der Waals surface area (Å²) in [5.41, 5.74) is 0.757. The molecule has 0 aliphatic carbocycles. The summed E-state index contributed by atoms with van der Waals surface area (Å²) in [5, 5.41) is 0. The first-order valence-corrected chi connectivity index (χ1v) is 9.03. The lowest BCUT2D eigenvalue weighted by Gasteiger charge is -2.17. The first-order chi connectivity index (χ1) is 11.4. The SMILES string of the molecule is C=C(C)C(=O)OCC(CCCCCCCCC)COC(=O)C(=C)C. The minimum absolute atomic E-state index is 0.0206. The van der Waals surface area contributed by atoms with Crippen LogP contribution in [0.15, 0.2) is 24.3 Å². The molecule has 0 fully saturated rings. The second-order valence-electron chi connectivity index (χ2n) is 6.53. The van der Waals surface area contributed by atoms with E-state index in [0.717, 1.165) is 19.3 Å². The molecule has 0 aliphatic heterocycles. The first kappa shape index (κ1) is 22.4. The Balaban J connectivity index is 4.16. The van der Waals surface area contributed by atoms with Crippen molar-refractivity contribution < 1.29 is 19.1 Å². The summed E-state index contributed by atoms with van der Waals surface area (Å²) in [6.45, 7) is 13.1. The van der Waals surface area contributed by atoms with Gasteiger partial charge in [-0.25, -0.2) is 9.59 Å². The maximum absolute atomic E-state index is 11.5. The van der Waals surface area contributed by atoms with Gasteiger partial charge in [-0.15, -0.1) is 0 Å². The molecular formula is C20H34O4. The number of unbranched alkanes of at least 4 members (excludes halogenated alkanes) is 6. The number of ether oxygens (including phenoxy) is 2. The van der Waals surface area contributed by atoms with E-state index in [9.17, 15) is 9.59 Å². The minimum Gasteiger partial charge on any atom is -0.462 e. The van der Waals surface area contributed by atoms with Crippen LogP contribution in [0.3, 0.4) is 0 Å². The van der Waals surface area contributed by atoms with Crippen LogP contribution in [0.2, 0.25) is 0 Å². The standard InChI is InChI=1S/C20H34O4/c1-6-7-8-9-10-11-12-13-18(14-23-19(21)16(2)3)15-24-20(22)17(4)5/h18H,2,4,6-15H2,1,3,5H3. The average Bonchev–Trinajstić information content (AvgIpc) is 2.54. The fraction of sp³-hybridized carbons (Fsp3) is 0.700. The Hall–Kier alpha value is -1.58. The topological polar surface area (TPSA) is 52.6 Å². The van der Waals surface area contributed by atoms with Crippen molar-refractivity contribution >= 4 is 11.9 Å². The average molecular weight is 338 g/mol. The number of carbonyl (C=O) groups excluding carboxylic acids is 2. The third-order valence-electron chi connectivity index (χ3n) is 3.81. The molecule has 0 rings (SSSR count). The molecule has 4 heteroatoms. The molecule has 0 aliphatic rings. The molecule has 0 saturated carbocycles. The summed E-state index contributed by atoms with van der Waals surface area (Å²) < 4.78 is 10.4. The highest BCUT2D eigenvalue weighted by molar-refractivity contribution is 5.87. The molecule has 138 valence electrons. The zero-order chi connectivity index (χ0) is 18.4. The van der Waals surface area contributed by atoms with Crippen LogP contribution in [0.5, 0.6) is 0 Å². The number of esters is 2. The lowest BCUT2D eigenvalue weighted by molar-refractivity contribution is -0.144. The zero-order valence-corrected chi connectivity index (χ0v) is 15.7. The second kappa shape index (κ2) is 13.8. The number of hydrogen-bond donors (Lipinski definition) is 0. The van der Waals surface area contributed by atoms with Crippen molar-refractivity contribution in [2.75, 3.05) is 13.2 Å². The lowest BCUT2D eigenvalue weighted by atomic mass is 10.0. The molecule has 0 N–H and O–H groups in total. The summed E-state index contributed by atoms with van der Waals surface area (Å²) in [6.07, 6.45) is 9.43. The van der Waals surface area contributed by atoms with Gasteiger partial charge < -0.3 is 9.47 Å². The quantitative estimate of drug-likeness (QED) is 0.254. The van der Waals surface area contributed by atoms with Gasteiger partial charge in [0.05, 0.1) is 13.2 Å². The molecule has 0 aromatic heterocycles. The maximum Gasteiger partial charge on any atom is 0.333 e. The molecule has 4 nitrogen and oxygen atoms in total. The lowest BCUT2D eigenvalue weighted by Crippen LogP contribution is -2.21. The maximum atomic E-state index is 11.5. The zero-order valence-electron chi connectivity index (χ0n) is 15.7. The Labute approximate surface area is 147 Å². The largest absolute Gasteiger partial charge is 0.462 e. The van der Waals surface area contributed by atoms with Gasteiger partial charge in [0.15, 0.2) is 0 Å². The molecular weight excluding hydrogens is 304 g/mol. The monoisotopic (exact) mass is 338 g/mol. The third kappa shape index (κ3) is 11.9. The van der Waals surface area contributed by atoms with Gasteiger partial charge in [-0.1, -0.05) is 65.0 Å². The highest BCUT2D eigenvalue weighted by Crippen LogP contribution is 2.15. The van der Waals surface area contributed by atoms with Crippen molar-refractivity contribution in [3.8, 4) is 0 Å². The van der Waals surface area contributed by atoms with E-state index in [1.165, 1.54) is 32.1 Å². The van der Waals surface area contributed by atoms with E-state index in [4.69, 9.17) is 9.47 Å². The molecule has 0 heterocycles. The van der Waals surface area contributed by atoms with Gasteiger partial charge in [0, 0.05) is 17.1 Å². The van der Waals surface area contributed by atoms with Crippen molar-refractivity contribution in [2.45, 2.75) is 72.1 Å². The van der Waals surface area contributed by atoms with Crippen molar-refractivity contribution in [1.29, 1.82) is 0 Å². The van der Waals surface area contributed by atoms with Crippen LogP contribution in [-0.4, -0.2) is 25.2 Å². The fourth-order valence-corrected chi connectivity index (χ4v) is 2.24. The van der Waals surface area contributed by atoms with E-state index in [0.29, 0.717) is 11.1 Å². The van der Waals surface area contributed by atoms with E-state index >= 15 is 0 Å². The molecule has 0 unspecified atom stereocenters. The third-order valence-corrected chi connectivity index (χ3v) is 3.81. The van der Waals surface area contributed by atoms with Crippen molar-refractivity contribution in [3.63, 3.8) is 0 Å². The van der Waals surface area contributed by atoms with Crippen LogP contribution in [-0.2, 0) is 19.1 Å². The molecule has 0 bridgehead atoms. The Morgan fingerprint density at radius 1 is 0.792 bits per heavy atom. The predicted molar refractivity (Wildman–Crippen MR) is 97.6 cm³/mol. The van der Waals surface area contributed by atoms with Gasteiger partial charge in [-0.3, -0.25) is 0 Å².